The molecule has 0 N–H and O–H groups in total. The summed E-state index contributed by atoms with van der Waals surface area (Å²) >= 11 is 1.42. The molecule has 1 amide bonds. The molecule has 204 valence electrons. The van der Waals surface area contributed by atoms with Crippen molar-refractivity contribution in [1.82, 2.24) is 19.9 Å². The number of hydrogen-bond donors (Lipinski definition) is 0. The molecule has 38 heavy (non-hydrogen) atoms. The van der Waals surface area contributed by atoms with Crippen molar-refractivity contribution in [2.24, 2.45) is 0 Å². The number of halogens is 3. The van der Waals surface area contributed by atoms with E-state index in [1.807, 2.05) is 24.8 Å². The van der Waals surface area contributed by atoms with Crippen LogP contribution in [0.4, 0.5) is 3.89 Å². The Morgan fingerprint density at radius 3 is 2.66 bits per heavy atom. The lowest BCUT2D eigenvalue weighted by molar-refractivity contribution is 0.0471. The predicted octanol–water partition coefficient (Wildman–Crippen LogP) is 4.50. The first-order chi connectivity index (χ1) is 17.1. The molecule has 3 heterocycles. The lowest BCUT2D eigenvalue weighted by atomic mass is 10.1. The maximum Gasteiger partial charge on any atom is 0.332 e. The van der Waals surface area contributed by atoms with Crippen molar-refractivity contribution in [2.45, 2.75) is 42.1 Å². The number of piperazine rings is 1. The van der Waals surface area contributed by atoms with Gasteiger partial charge in [-0.1, -0.05) is 22.8 Å². The predicted molar refractivity (Wildman–Crippen MR) is 148 cm³/mol. The molecule has 1 saturated heterocycles. The molecule has 0 spiro atoms. The molecule has 3 aromatic rings. The van der Waals surface area contributed by atoms with Crippen LogP contribution >= 0.6 is 36.6 Å². The molecule has 0 bridgehead atoms. The van der Waals surface area contributed by atoms with E-state index in [0.717, 1.165) is 11.8 Å². The number of aromatic nitrogens is 2. The second-order valence-electron chi connectivity index (χ2n) is 8.61. The van der Waals surface area contributed by atoms with Crippen LogP contribution in [0.2, 0.25) is 0 Å². The summed E-state index contributed by atoms with van der Waals surface area (Å²) in [6.07, 6.45) is 7.08. The molecule has 0 saturated carbocycles. The van der Waals surface area contributed by atoms with Gasteiger partial charge in [0.05, 0.1) is 17.0 Å². The number of nitrogens with zero attached hydrogens (tertiary/aromatic N) is 4. The number of amides is 1. The zero-order chi connectivity index (χ0) is 25.9. The van der Waals surface area contributed by atoms with Gasteiger partial charge in [-0.3, -0.25) is 9.69 Å². The zero-order valence-corrected chi connectivity index (χ0v) is 23.9. The maximum atomic E-state index is 13.6. The van der Waals surface area contributed by atoms with E-state index in [0.29, 0.717) is 59.4 Å². The van der Waals surface area contributed by atoms with E-state index < -0.39 is 15.1 Å². The third-order valence-electron chi connectivity index (χ3n) is 5.82. The molecule has 1 aliphatic rings. The van der Waals surface area contributed by atoms with Crippen molar-refractivity contribution < 1.29 is 21.6 Å². The third kappa shape index (κ3) is 7.71. The van der Waals surface area contributed by atoms with E-state index in [2.05, 4.69) is 21.0 Å². The maximum absolute atomic E-state index is 13.6. The number of thioether (sulfide) groups is 1. The van der Waals surface area contributed by atoms with Gasteiger partial charge in [-0.05, 0) is 49.7 Å². The second-order valence-corrected chi connectivity index (χ2v) is 10.9. The quantitative estimate of drug-likeness (QED) is 0.222. The normalized spacial score (nSPS) is 15.7. The fraction of sp³-hybridized carbons (Fsp3) is 0.320. The number of carbonyl (C=O) groups excluding carboxylic acids is 1. The van der Waals surface area contributed by atoms with Crippen LogP contribution < -0.4 is 0 Å². The fourth-order valence-corrected chi connectivity index (χ4v) is 5.58. The highest BCUT2D eigenvalue weighted by Gasteiger charge is 2.30. The van der Waals surface area contributed by atoms with Gasteiger partial charge in [0, 0.05) is 50.0 Å². The standard InChI is InChI=1S/C25H25FN4O4S2.2ClH/c1-4-19-11-20(13-22(12-19)36(26,32)33)15-29-8-9-30(18(3)14-29)25(31)23-6-5-7-27-24(23)35-16-21-10-17(2)28-34-21;;/h1,5-7,10-13,18H,8-9,14-16H2,2-3H3;2*1H/t18-;;/m0../s1. The summed E-state index contributed by atoms with van der Waals surface area (Å²) in [7, 11) is -4.87. The largest absolute Gasteiger partial charge is 0.360 e. The number of carbonyl (C=O) groups is 1. The first-order valence-electron chi connectivity index (χ1n) is 11.2. The molecule has 1 atom stereocenters. The highest BCUT2D eigenvalue weighted by atomic mass is 35.5. The van der Waals surface area contributed by atoms with Crippen LogP contribution in [-0.4, -0.2) is 59.9 Å². The minimum Gasteiger partial charge on any atom is -0.360 e. The SMILES string of the molecule is C#Cc1cc(CN2CCN(C(=O)c3cccnc3SCc3cc(C)no3)[C@@H](C)C2)cc(S(=O)(=O)F)c1.Cl.Cl. The van der Waals surface area contributed by atoms with Crippen LogP contribution in [0, 0.1) is 19.3 Å². The van der Waals surface area contributed by atoms with Crippen molar-refractivity contribution >= 4 is 52.7 Å². The fourth-order valence-electron chi connectivity index (χ4n) is 4.16. The van der Waals surface area contributed by atoms with E-state index in [4.69, 9.17) is 10.9 Å². The Balaban J connectivity index is 0.00000253. The molecule has 8 nitrogen and oxygen atoms in total. The Kier molecular flexibility index (Phi) is 11.2. The smallest absolute Gasteiger partial charge is 0.332 e. The van der Waals surface area contributed by atoms with Crippen LogP contribution in [0.5, 0.6) is 0 Å². The highest BCUT2D eigenvalue weighted by Crippen LogP contribution is 2.27. The number of aryl methyl sites for hydroxylation is 1. The number of terminal acetylenes is 1. The summed E-state index contributed by atoms with van der Waals surface area (Å²) in [6.45, 7) is 5.79. The van der Waals surface area contributed by atoms with E-state index >= 15 is 0 Å². The summed E-state index contributed by atoms with van der Waals surface area (Å²) < 4.78 is 41.6. The van der Waals surface area contributed by atoms with E-state index in [9.17, 15) is 17.1 Å². The number of benzene rings is 1. The van der Waals surface area contributed by atoms with E-state index in [1.54, 1.807) is 24.4 Å². The molecule has 0 unspecified atom stereocenters. The monoisotopic (exact) mass is 600 g/mol. The average molecular weight is 602 g/mol. The molecule has 0 aliphatic carbocycles. The summed E-state index contributed by atoms with van der Waals surface area (Å²) in [4.78, 5) is 21.3. The van der Waals surface area contributed by atoms with Crippen molar-refractivity contribution in [3.63, 3.8) is 0 Å². The topological polar surface area (TPSA) is 96.6 Å². The zero-order valence-electron chi connectivity index (χ0n) is 20.7. The van der Waals surface area contributed by atoms with Crippen LogP contribution in [0.3, 0.4) is 0 Å². The van der Waals surface area contributed by atoms with Crippen LogP contribution in [0.15, 0.2) is 57.0 Å². The summed E-state index contributed by atoms with van der Waals surface area (Å²) in [6, 6.07) is 9.37. The molecule has 4 rings (SSSR count). The second kappa shape index (κ2) is 13.4. The van der Waals surface area contributed by atoms with Gasteiger partial charge in [0.25, 0.3) is 5.91 Å². The highest BCUT2D eigenvalue weighted by molar-refractivity contribution is 7.98. The van der Waals surface area contributed by atoms with Gasteiger partial charge in [0.2, 0.25) is 0 Å². The molecule has 0 radical (unpaired) electrons. The molecule has 1 aromatic carbocycles. The number of hydrogen-bond acceptors (Lipinski definition) is 8. The third-order valence-corrected chi connectivity index (χ3v) is 7.65. The van der Waals surface area contributed by atoms with Crippen molar-refractivity contribution in [3.8, 4) is 12.3 Å². The average Bonchev–Trinajstić information content (AvgIpc) is 3.27. The summed E-state index contributed by atoms with van der Waals surface area (Å²) in [5, 5.41) is 4.51. The van der Waals surface area contributed by atoms with Crippen LogP contribution in [0.25, 0.3) is 0 Å². The minimum atomic E-state index is -4.87. The number of rotatable bonds is 7. The Labute approximate surface area is 238 Å². The van der Waals surface area contributed by atoms with Gasteiger partial charge in [-0.25, -0.2) is 4.98 Å². The van der Waals surface area contributed by atoms with Crippen LogP contribution in [0.1, 0.15) is 39.9 Å². The Morgan fingerprint density at radius 2 is 2.03 bits per heavy atom. The molecule has 2 aromatic heterocycles. The lowest BCUT2D eigenvalue weighted by Crippen LogP contribution is -2.53. The Bertz CT molecular complexity index is 1430. The first-order valence-corrected chi connectivity index (χ1v) is 13.6. The lowest BCUT2D eigenvalue weighted by Gasteiger charge is -2.40. The van der Waals surface area contributed by atoms with Gasteiger partial charge in [-0.2, -0.15) is 8.42 Å². The molecular formula is C25H27Cl2FN4O4S2. The van der Waals surface area contributed by atoms with Gasteiger partial charge >= 0.3 is 10.2 Å². The van der Waals surface area contributed by atoms with E-state index in [-0.39, 0.29) is 36.8 Å². The van der Waals surface area contributed by atoms with Gasteiger partial charge in [0.1, 0.15) is 15.7 Å². The van der Waals surface area contributed by atoms with Crippen molar-refractivity contribution in [2.75, 3.05) is 19.6 Å². The van der Waals surface area contributed by atoms with Gasteiger partial charge in [-0.15, -0.1) is 35.1 Å². The van der Waals surface area contributed by atoms with E-state index in [1.165, 1.54) is 17.8 Å². The summed E-state index contributed by atoms with van der Waals surface area (Å²) in [5.74, 6) is 3.49. The first kappa shape index (κ1) is 31.6. The summed E-state index contributed by atoms with van der Waals surface area (Å²) in [5.41, 5.74) is 2.22. The van der Waals surface area contributed by atoms with Crippen LogP contribution in [-0.2, 0) is 22.5 Å². The van der Waals surface area contributed by atoms with Crippen molar-refractivity contribution in [1.29, 1.82) is 0 Å². The van der Waals surface area contributed by atoms with Gasteiger partial charge < -0.3 is 9.42 Å². The van der Waals surface area contributed by atoms with Gasteiger partial charge in [0.15, 0.2) is 0 Å². The minimum absolute atomic E-state index is 0. The number of pyridine rings is 1. The van der Waals surface area contributed by atoms with Crippen molar-refractivity contribution in [3.05, 3.63) is 70.7 Å². The molecule has 13 heteroatoms. The molecule has 1 aliphatic heterocycles. The Morgan fingerprint density at radius 1 is 1.26 bits per heavy atom. The Hall–Kier alpha value is -2.62. The molecular weight excluding hydrogens is 574 g/mol. The molecule has 1 fully saturated rings.